The number of rotatable bonds is 5. The quantitative estimate of drug-likeness (QED) is 0.868. The number of nitrogens with zero attached hydrogens (tertiary/aromatic N) is 2. The number of aliphatic hydroxyl groups excluding tert-OH is 1. The molecule has 0 aliphatic carbocycles. The maximum Gasteiger partial charge on any atom is 0.249 e. The Balaban J connectivity index is 2.20. The van der Waals surface area contributed by atoms with Gasteiger partial charge in [0.2, 0.25) is 11.8 Å². The van der Waals surface area contributed by atoms with E-state index in [1.165, 1.54) is 6.33 Å². The Morgan fingerprint density at radius 3 is 2.40 bits per heavy atom. The number of benzene rings is 1. The lowest BCUT2D eigenvalue weighted by Gasteiger charge is -2.13. The van der Waals surface area contributed by atoms with Crippen molar-refractivity contribution in [3.05, 3.63) is 36.2 Å². The van der Waals surface area contributed by atoms with Crippen molar-refractivity contribution in [3.63, 3.8) is 0 Å². The zero-order valence-electron chi connectivity index (χ0n) is 11.4. The summed E-state index contributed by atoms with van der Waals surface area (Å²) in [6, 6.07) is 6.99. The van der Waals surface area contributed by atoms with Crippen LogP contribution in [0, 0.1) is 0 Å². The summed E-state index contributed by atoms with van der Waals surface area (Å²) in [7, 11) is 0. The maximum atomic E-state index is 8.98. The van der Waals surface area contributed by atoms with Crippen molar-refractivity contribution >= 4 is 5.69 Å². The average molecular weight is 275 g/mol. The van der Waals surface area contributed by atoms with Crippen LogP contribution in [-0.4, -0.2) is 21.2 Å². The van der Waals surface area contributed by atoms with Gasteiger partial charge in [0, 0.05) is 0 Å². The molecule has 106 valence electrons. The third kappa shape index (κ3) is 3.36. The number of aromatic nitrogens is 2. The number of anilines is 1. The molecular formula is C14H17N3O3. The van der Waals surface area contributed by atoms with E-state index in [1.807, 2.05) is 13.8 Å². The fourth-order valence-electron chi connectivity index (χ4n) is 1.54. The second-order valence-corrected chi connectivity index (χ2v) is 4.47. The fraction of sp³-hybridized carbons (Fsp3) is 0.286. The lowest BCUT2D eigenvalue weighted by atomic mass is 10.2. The van der Waals surface area contributed by atoms with Crippen molar-refractivity contribution < 1.29 is 14.6 Å². The van der Waals surface area contributed by atoms with Gasteiger partial charge in [0.05, 0.1) is 12.7 Å². The van der Waals surface area contributed by atoms with Crippen LogP contribution in [0.25, 0.3) is 0 Å². The Bertz CT molecular complexity index is 570. The van der Waals surface area contributed by atoms with E-state index in [0.717, 1.165) is 5.56 Å². The number of nitrogen functional groups attached to an aromatic ring is 1. The minimum Gasteiger partial charge on any atom is -0.473 e. The van der Waals surface area contributed by atoms with Gasteiger partial charge in [-0.3, -0.25) is 0 Å². The molecule has 1 heterocycles. The molecule has 3 N–H and O–H groups in total. The maximum absolute atomic E-state index is 8.98. The van der Waals surface area contributed by atoms with Gasteiger partial charge in [0.15, 0.2) is 5.69 Å². The zero-order valence-corrected chi connectivity index (χ0v) is 11.4. The second kappa shape index (κ2) is 6.21. The SMILES string of the molecule is CC(C)Oc1ncnc(Oc2ccc(CO)cc2)c1N. The Labute approximate surface area is 117 Å². The molecule has 0 aliphatic heterocycles. The molecule has 0 saturated heterocycles. The van der Waals surface area contributed by atoms with E-state index >= 15 is 0 Å². The number of ether oxygens (including phenoxy) is 2. The molecule has 6 heteroatoms. The van der Waals surface area contributed by atoms with Gasteiger partial charge >= 0.3 is 0 Å². The van der Waals surface area contributed by atoms with E-state index in [4.69, 9.17) is 20.3 Å². The highest BCUT2D eigenvalue weighted by atomic mass is 16.5. The average Bonchev–Trinajstić information content (AvgIpc) is 2.43. The van der Waals surface area contributed by atoms with Crippen LogP contribution in [0.2, 0.25) is 0 Å². The third-order valence-corrected chi connectivity index (χ3v) is 2.48. The highest BCUT2D eigenvalue weighted by molar-refractivity contribution is 5.56. The molecule has 2 rings (SSSR count). The van der Waals surface area contributed by atoms with Crippen LogP contribution >= 0.6 is 0 Å². The summed E-state index contributed by atoms with van der Waals surface area (Å²) in [6.07, 6.45) is 1.30. The molecule has 0 radical (unpaired) electrons. The van der Waals surface area contributed by atoms with Gasteiger partial charge in [-0.15, -0.1) is 0 Å². The molecule has 1 aromatic heterocycles. The number of nitrogens with two attached hydrogens (primary N) is 1. The van der Waals surface area contributed by atoms with Crippen LogP contribution in [0.1, 0.15) is 19.4 Å². The van der Waals surface area contributed by atoms with Gasteiger partial charge in [-0.2, -0.15) is 9.97 Å². The predicted octanol–water partition coefficient (Wildman–Crippen LogP) is 2.13. The lowest BCUT2D eigenvalue weighted by Crippen LogP contribution is -2.10. The topological polar surface area (TPSA) is 90.5 Å². The Morgan fingerprint density at radius 2 is 1.80 bits per heavy atom. The van der Waals surface area contributed by atoms with Crippen molar-refractivity contribution in [1.29, 1.82) is 0 Å². The highest BCUT2D eigenvalue weighted by Crippen LogP contribution is 2.31. The number of hydrogen-bond acceptors (Lipinski definition) is 6. The first-order valence-electron chi connectivity index (χ1n) is 6.25. The largest absolute Gasteiger partial charge is 0.473 e. The summed E-state index contributed by atoms with van der Waals surface area (Å²) in [6.45, 7) is 3.76. The first-order chi connectivity index (χ1) is 9.60. The number of aliphatic hydroxyl groups is 1. The lowest BCUT2D eigenvalue weighted by molar-refractivity contribution is 0.233. The molecule has 20 heavy (non-hydrogen) atoms. The van der Waals surface area contributed by atoms with Gasteiger partial charge in [0.25, 0.3) is 0 Å². The highest BCUT2D eigenvalue weighted by Gasteiger charge is 2.12. The second-order valence-electron chi connectivity index (χ2n) is 4.47. The number of hydrogen-bond donors (Lipinski definition) is 2. The Morgan fingerprint density at radius 1 is 1.15 bits per heavy atom. The van der Waals surface area contributed by atoms with E-state index < -0.39 is 0 Å². The molecular weight excluding hydrogens is 258 g/mol. The molecule has 0 atom stereocenters. The van der Waals surface area contributed by atoms with Crippen LogP contribution in [0.5, 0.6) is 17.5 Å². The van der Waals surface area contributed by atoms with Crippen LogP contribution < -0.4 is 15.2 Å². The Hall–Kier alpha value is -2.34. The minimum atomic E-state index is -0.0381. The van der Waals surface area contributed by atoms with E-state index in [9.17, 15) is 0 Å². The van der Waals surface area contributed by atoms with Crippen LogP contribution in [0.3, 0.4) is 0 Å². The predicted molar refractivity (Wildman–Crippen MR) is 74.6 cm³/mol. The van der Waals surface area contributed by atoms with Crippen molar-refractivity contribution in [2.24, 2.45) is 0 Å². The molecule has 0 fully saturated rings. The van der Waals surface area contributed by atoms with Gasteiger partial charge < -0.3 is 20.3 Å². The van der Waals surface area contributed by atoms with E-state index in [-0.39, 0.29) is 24.3 Å². The van der Waals surface area contributed by atoms with Crippen molar-refractivity contribution in [2.75, 3.05) is 5.73 Å². The normalized spacial score (nSPS) is 10.6. The van der Waals surface area contributed by atoms with Crippen LogP contribution in [0.4, 0.5) is 5.69 Å². The van der Waals surface area contributed by atoms with Crippen LogP contribution in [-0.2, 0) is 6.61 Å². The van der Waals surface area contributed by atoms with Crippen molar-refractivity contribution in [1.82, 2.24) is 9.97 Å². The first kappa shape index (κ1) is 14.1. The molecule has 1 aromatic carbocycles. The van der Waals surface area contributed by atoms with Gasteiger partial charge in [-0.25, -0.2) is 0 Å². The van der Waals surface area contributed by atoms with Gasteiger partial charge in [-0.1, -0.05) is 12.1 Å². The molecule has 0 saturated carbocycles. The van der Waals surface area contributed by atoms with Gasteiger partial charge in [-0.05, 0) is 31.5 Å². The van der Waals surface area contributed by atoms with E-state index in [0.29, 0.717) is 11.6 Å². The zero-order chi connectivity index (χ0) is 14.5. The summed E-state index contributed by atoms with van der Waals surface area (Å²) in [5, 5.41) is 8.98. The monoisotopic (exact) mass is 275 g/mol. The molecule has 0 aliphatic rings. The summed E-state index contributed by atoms with van der Waals surface area (Å²) in [4.78, 5) is 7.97. The molecule has 0 amide bonds. The third-order valence-electron chi connectivity index (χ3n) is 2.48. The molecule has 0 bridgehead atoms. The van der Waals surface area contributed by atoms with Gasteiger partial charge in [0.1, 0.15) is 12.1 Å². The first-order valence-corrected chi connectivity index (χ1v) is 6.25. The molecule has 6 nitrogen and oxygen atoms in total. The molecule has 2 aromatic rings. The van der Waals surface area contributed by atoms with Crippen LogP contribution in [0.15, 0.2) is 30.6 Å². The minimum absolute atomic E-state index is 0.0116. The summed E-state index contributed by atoms with van der Waals surface area (Å²) < 4.78 is 11.1. The molecule has 0 unspecified atom stereocenters. The fourth-order valence-corrected chi connectivity index (χ4v) is 1.54. The Kier molecular flexibility index (Phi) is 4.37. The summed E-state index contributed by atoms with van der Waals surface area (Å²) in [5.41, 5.74) is 6.98. The molecule has 0 spiro atoms. The van der Waals surface area contributed by atoms with E-state index in [1.54, 1.807) is 24.3 Å². The summed E-state index contributed by atoms with van der Waals surface area (Å²) in [5.74, 6) is 1.12. The smallest absolute Gasteiger partial charge is 0.249 e. The summed E-state index contributed by atoms with van der Waals surface area (Å²) >= 11 is 0. The standard InChI is InChI=1S/C14H17N3O3/c1-9(2)19-13-12(15)14(17-8-16-13)20-11-5-3-10(7-18)4-6-11/h3-6,8-9,18H,7,15H2,1-2H3. The van der Waals surface area contributed by atoms with Crippen molar-refractivity contribution in [3.8, 4) is 17.5 Å². The van der Waals surface area contributed by atoms with E-state index in [2.05, 4.69) is 9.97 Å². The van der Waals surface area contributed by atoms with Crippen molar-refractivity contribution in [2.45, 2.75) is 26.6 Å².